The lowest BCUT2D eigenvalue weighted by Crippen LogP contribution is -2.17. The van der Waals surface area contributed by atoms with E-state index >= 15 is 0 Å². The largest absolute Gasteiger partial charge is 0.483 e. The van der Waals surface area contributed by atoms with Gasteiger partial charge in [-0.05, 0) is 62.8 Å². The van der Waals surface area contributed by atoms with Gasteiger partial charge >= 0.3 is 5.97 Å². The maximum atomic E-state index is 12.9. The molecular formula is C26H30N4O4S2. The lowest BCUT2D eigenvalue weighted by molar-refractivity contribution is -0.113. The number of nitrogens with zero attached hydrogens (tertiary/aromatic N) is 3. The second-order valence-electron chi connectivity index (χ2n) is 8.56. The molecule has 0 radical (unpaired) electrons. The van der Waals surface area contributed by atoms with Crippen LogP contribution in [-0.4, -0.2) is 39.5 Å². The Kier molecular flexibility index (Phi) is 8.48. The molecule has 36 heavy (non-hydrogen) atoms. The van der Waals surface area contributed by atoms with Gasteiger partial charge in [0, 0.05) is 11.4 Å². The van der Waals surface area contributed by atoms with E-state index in [1.807, 2.05) is 42.7 Å². The number of benzene rings is 1. The number of carbonyl (C=O) groups excluding carboxylic acids is 2. The van der Waals surface area contributed by atoms with E-state index in [0.29, 0.717) is 28.1 Å². The Morgan fingerprint density at radius 2 is 2.11 bits per heavy atom. The zero-order valence-electron chi connectivity index (χ0n) is 20.7. The highest BCUT2D eigenvalue weighted by Crippen LogP contribution is 2.38. The number of esters is 1. The predicted molar refractivity (Wildman–Crippen MR) is 142 cm³/mol. The van der Waals surface area contributed by atoms with Gasteiger partial charge in [-0.2, -0.15) is 0 Å². The summed E-state index contributed by atoms with van der Waals surface area (Å²) in [5.74, 6) is 0.895. The average Bonchev–Trinajstić information content (AvgIpc) is 3.43. The molecule has 8 nitrogen and oxygen atoms in total. The number of thioether (sulfide) groups is 1. The standard InChI is InChI=1S/C26H30N4O4S2/c1-5-13-30-23(17(3)34-18-10-8-9-16(2)14-18)28-29-26(30)35-15-21(31)27-24-22(25(32)33-4)19-11-6-7-12-20(19)36-24/h5,8-10,14,17H,1,6-7,11-13,15H2,2-4H3,(H,27,31). The first-order valence-electron chi connectivity index (χ1n) is 11.8. The van der Waals surface area contributed by atoms with Crippen molar-refractivity contribution in [3.05, 3.63) is 64.3 Å². The molecule has 10 heteroatoms. The van der Waals surface area contributed by atoms with E-state index in [2.05, 4.69) is 22.1 Å². The van der Waals surface area contributed by atoms with Gasteiger partial charge < -0.3 is 14.8 Å². The minimum Gasteiger partial charge on any atom is -0.483 e. The van der Waals surface area contributed by atoms with Gasteiger partial charge in [-0.15, -0.1) is 28.1 Å². The lowest BCUT2D eigenvalue weighted by Gasteiger charge is -2.16. The molecule has 1 amide bonds. The van der Waals surface area contributed by atoms with Crippen LogP contribution in [0.4, 0.5) is 5.00 Å². The molecule has 1 aliphatic rings. The van der Waals surface area contributed by atoms with Gasteiger partial charge in [0.15, 0.2) is 17.1 Å². The topological polar surface area (TPSA) is 95.3 Å². The molecule has 0 saturated carbocycles. The van der Waals surface area contributed by atoms with Crippen LogP contribution in [0.3, 0.4) is 0 Å². The molecule has 0 saturated heterocycles. The average molecular weight is 527 g/mol. The summed E-state index contributed by atoms with van der Waals surface area (Å²) in [4.78, 5) is 26.5. The fraction of sp³-hybridized carbons (Fsp3) is 0.385. The number of nitrogens with one attached hydrogen (secondary N) is 1. The third-order valence-corrected chi connectivity index (χ3v) is 8.04. The number of hydrogen-bond acceptors (Lipinski definition) is 8. The Balaban J connectivity index is 1.45. The van der Waals surface area contributed by atoms with Gasteiger partial charge in [-0.1, -0.05) is 30.0 Å². The van der Waals surface area contributed by atoms with E-state index < -0.39 is 5.97 Å². The summed E-state index contributed by atoms with van der Waals surface area (Å²) in [6.45, 7) is 8.25. The first-order valence-corrected chi connectivity index (χ1v) is 13.6. The molecule has 3 aromatic rings. The molecular weight excluding hydrogens is 496 g/mol. The van der Waals surface area contributed by atoms with E-state index in [1.54, 1.807) is 6.08 Å². The molecule has 0 spiro atoms. The number of methoxy groups -OCH3 is 1. The Bertz CT molecular complexity index is 1270. The van der Waals surface area contributed by atoms with E-state index in [1.165, 1.54) is 30.2 Å². The summed E-state index contributed by atoms with van der Waals surface area (Å²) in [7, 11) is 1.37. The van der Waals surface area contributed by atoms with Crippen molar-refractivity contribution < 1.29 is 19.1 Å². The van der Waals surface area contributed by atoms with E-state index in [9.17, 15) is 9.59 Å². The van der Waals surface area contributed by atoms with Crippen LogP contribution in [0.15, 0.2) is 42.1 Å². The molecule has 2 aromatic heterocycles. The molecule has 0 aliphatic heterocycles. The van der Waals surface area contributed by atoms with Crippen molar-refractivity contribution in [3.8, 4) is 5.75 Å². The van der Waals surface area contributed by atoms with Crippen molar-refractivity contribution in [1.82, 2.24) is 14.8 Å². The fourth-order valence-corrected chi connectivity index (χ4v) is 6.27. The number of allylic oxidation sites excluding steroid dienone is 1. The van der Waals surface area contributed by atoms with Crippen molar-refractivity contribution in [2.75, 3.05) is 18.2 Å². The van der Waals surface area contributed by atoms with Crippen LogP contribution in [-0.2, 0) is 28.9 Å². The second kappa shape index (κ2) is 11.7. The quantitative estimate of drug-likeness (QED) is 0.216. The summed E-state index contributed by atoms with van der Waals surface area (Å²) in [5.41, 5.74) is 2.62. The van der Waals surface area contributed by atoms with Gasteiger partial charge in [0.1, 0.15) is 10.8 Å². The molecule has 1 atom stereocenters. The molecule has 1 aromatic carbocycles. The molecule has 0 fully saturated rings. The van der Waals surface area contributed by atoms with Crippen molar-refractivity contribution in [2.24, 2.45) is 0 Å². The van der Waals surface area contributed by atoms with Crippen LogP contribution < -0.4 is 10.1 Å². The van der Waals surface area contributed by atoms with Crippen LogP contribution in [0.25, 0.3) is 0 Å². The van der Waals surface area contributed by atoms with Gasteiger partial charge in [0.05, 0.1) is 18.4 Å². The van der Waals surface area contributed by atoms with Gasteiger partial charge in [0.2, 0.25) is 5.91 Å². The molecule has 2 heterocycles. The third-order valence-electron chi connectivity index (χ3n) is 5.87. The SMILES string of the molecule is C=CCn1c(SCC(=O)Nc2sc3c(c2C(=O)OC)CCCC3)nnc1C(C)Oc1cccc(C)c1. The second-order valence-corrected chi connectivity index (χ2v) is 10.6. The number of thiophene rings is 1. The number of rotatable bonds is 10. The highest BCUT2D eigenvalue weighted by atomic mass is 32.2. The van der Waals surface area contributed by atoms with Crippen molar-refractivity contribution in [2.45, 2.75) is 57.3 Å². The number of amides is 1. The van der Waals surface area contributed by atoms with Gasteiger partial charge in [-0.25, -0.2) is 4.79 Å². The smallest absolute Gasteiger partial charge is 0.341 e. The Morgan fingerprint density at radius 3 is 2.86 bits per heavy atom. The highest BCUT2D eigenvalue weighted by Gasteiger charge is 2.27. The molecule has 1 N–H and O–H groups in total. The molecule has 1 aliphatic carbocycles. The van der Waals surface area contributed by atoms with E-state index in [0.717, 1.165) is 47.4 Å². The number of fused-ring (bicyclic) bond motifs is 1. The highest BCUT2D eigenvalue weighted by molar-refractivity contribution is 7.99. The van der Waals surface area contributed by atoms with E-state index in [-0.39, 0.29) is 17.8 Å². The first-order chi connectivity index (χ1) is 17.4. The normalized spacial score (nSPS) is 13.5. The zero-order valence-corrected chi connectivity index (χ0v) is 22.3. The monoisotopic (exact) mass is 526 g/mol. The van der Waals surface area contributed by atoms with Crippen LogP contribution in [0.1, 0.15) is 58.1 Å². The van der Waals surface area contributed by atoms with Crippen LogP contribution in [0, 0.1) is 6.92 Å². The number of ether oxygens (including phenoxy) is 2. The Labute approximate surface area is 219 Å². The lowest BCUT2D eigenvalue weighted by atomic mass is 9.95. The Morgan fingerprint density at radius 1 is 1.31 bits per heavy atom. The number of carbonyl (C=O) groups is 2. The zero-order chi connectivity index (χ0) is 25.7. The molecule has 4 rings (SSSR count). The minimum atomic E-state index is -0.407. The van der Waals surface area contributed by atoms with Crippen molar-refractivity contribution >= 4 is 40.0 Å². The summed E-state index contributed by atoms with van der Waals surface area (Å²) >= 11 is 2.75. The summed E-state index contributed by atoms with van der Waals surface area (Å²) < 4.78 is 13.0. The van der Waals surface area contributed by atoms with Crippen LogP contribution in [0.5, 0.6) is 5.75 Å². The number of aromatic nitrogens is 3. The minimum absolute atomic E-state index is 0.117. The van der Waals surface area contributed by atoms with Crippen molar-refractivity contribution in [1.29, 1.82) is 0 Å². The van der Waals surface area contributed by atoms with Crippen LogP contribution in [0.2, 0.25) is 0 Å². The first kappa shape index (κ1) is 26.0. The van der Waals surface area contributed by atoms with E-state index in [4.69, 9.17) is 9.47 Å². The van der Waals surface area contributed by atoms with Gasteiger partial charge in [0.25, 0.3) is 0 Å². The third kappa shape index (κ3) is 5.82. The summed E-state index contributed by atoms with van der Waals surface area (Å²) in [6, 6.07) is 7.83. The maximum absolute atomic E-state index is 12.9. The summed E-state index contributed by atoms with van der Waals surface area (Å²) in [6.07, 6.45) is 5.29. The van der Waals surface area contributed by atoms with Crippen LogP contribution >= 0.6 is 23.1 Å². The molecule has 0 bridgehead atoms. The number of hydrogen-bond donors (Lipinski definition) is 1. The molecule has 1 unspecified atom stereocenters. The van der Waals surface area contributed by atoms with Crippen molar-refractivity contribution in [3.63, 3.8) is 0 Å². The molecule has 190 valence electrons. The maximum Gasteiger partial charge on any atom is 0.341 e. The number of anilines is 1. The summed E-state index contributed by atoms with van der Waals surface area (Å²) in [5, 5.41) is 12.7. The van der Waals surface area contributed by atoms with Gasteiger partial charge in [-0.3, -0.25) is 9.36 Å². The number of aryl methyl sites for hydroxylation is 2. The Hall–Kier alpha value is -3.11. The fourth-order valence-electron chi connectivity index (χ4n) is 4.22. The predicted octanol–water partition coefficient (Wildman–Crippen LogP) is 5.37.